The molecule has 1 saturated heterocycles. The molecular formula is C14H29N3O3S. The van der Waals surface area contributed by atoms with Crippen LogP contribution < -0.4 is 16.8 Å². The van der Waals surface area contributed by atoms with Crippen molar-refractivity contribution in [3.8, 4) is 0 Å². The van der Waals surface area contributed by atoms with Crippen LogP contribution in [0.2, 0.25) is 0 Å². The molecular weight excluding hydrogens is 290 g/mol. The number of carbonyl (C=O) groups is 1. The normalized spacial score (nSPS) is 29.3. The molecule has 2 unspecified atom stereocenters. The van der Waals surface area contributed by atoms with Gasteiger partial charge in [0.05, 0.1) is 6.26 Å². The molecule has 3 atom stereocenters. The fourth-order valence-electron chi connectivity index (χ4n) is 3.08. The van der Waals surface area contributed by atoms with E-state index in [0.717, 1.165) is 13.1 Å². The molecule has 6 nitrogen and oxygen atoms in total. The van der Waals surface area contributed by atoms with Gasteiger partial charge < -0.3 is 26.4 Å². The van der Waals surface area contributed by atoms with Gasteiger partial charge in [-0.2, -0.15) is 0 Å². The van der Waals surface area contributed by atoms with Crippen LogP contribution in [0.25, 0.3) is 0 Å². The Morgan fingerprint density at radius 2 is 1.90 bits per heavy atom. The van der Waals surface area contributed by atoms with Crippen molar-refractivity contribution in [3.05, 3.63) is 0 Å². The van der Waals surface area contributed by atoms with Gasteiger partial charge in [-0.1, -0.05) is 30.4 Å². The van der Waals surface area contributed by atoms with Crippen LogP contribution in [0.4, 0.5) is 0 Å². The van der Waals surface area contributed by atoms with E-state index in [9.17, 15) is 9.35 Å². The minimum absolute atomic E-state index is 0.215. The Bertz CT molecular complexity index is 317. The average Bonchev–Trinajstić information content (AvgIpc) is 2.98. The zero-order valence-corrected chi connectivity index (χ0v) is 13.7. The van der Waals surface area contributed by atoms with Crippen LogP contribution >= 0.6 is 0 Å². The van der Waals surface area contributed by atoms with Gasteiger partial charge in [0.1, 0.15) is 5.25 Å². The number of hydrogen-bond acceptors (Lipinski definition) is 5. The van der Waals surface area contributed by atoms with Crippen LogP contribution in [0.5, 0.6) is 0 Å². The minimum Gasteiger partial charge on any atom is -0.616 e. The van der Waals surface area contributed by atoms with Crippen LogP contribution in [-0.2, 0) is 16.0 Å². The third kappa shape index (κ3) is 5.41. The monoisotopic (exact) mass is 319 g/mol. The van der Waals surface area contributed by atoms with Crippen molar-refractivity contribution in [3.63, 3.8) is 0 Å². The van der Waals surface area contributed by atoms with Crippen molar-refractivity contribution in [1.29, 1.82) is 0 Å². The lowest BCUT2D eigenvalue weighted by Gasteiger charge is -2.34. The highest BCUT2D eigenvalue weighted by atomic mass is 32.2. The molecule has 0 aromatic heterocycles. The molecule has 0 aromatic rings. The molecule has 1 aliphatic heterocycles. The molecule has 0 amide bonds. The van der Waals surface area contributed by atoms with Gasteiger partial charge in [-0.15, -0.1) is 0 Å². The molecule has 2 rings (SSSR count). The highest BCUT2D eigenvalue weighted by Gasteiger charge is 2.38. The summed E-state index contributed by atoms with van der Waals surface area (Å²) >= 11 is -1.03. The summed E-state index contributed by atoms with van der Waals surface area (Å²) in [4.78, 5) is 10.5. The van der Waals surface area contributed by atoms with E-state index in [1.54, 1.807) is 6.26 Å². The van der Waals surface area contributed by atoms with Crippen LogP contribution in [0.15, 0.2) is 0 Å². The third-order valence-corrected chi connectivity index (χ3v) is 6.00. The lowest BCUT2D eigenvalue weighted by Crippen LogP contribution is -2.41. The van der Waals surface area contributed by atoms with Crippen LogP contribution in [0.1, 0.15) is 38.5 Å². The number of carboxylic acid groups (broad SMARTS) is 1. The Morgan fingerprint density at radius 3 is 2.24 bits per heavy atom. The van der Waals surface area contributed by atoms with Crippen molar-refractivity contribution in [2.24, 2.45) is 16.9 Å². The molecule has 1 aliphatic carbocycles. The van der Waals surface area contributed by atoms with Crippen molar-refractivity contribution < 1.29 is 14.5 Å². The number of rotatable bonds is 4. The van der Waals surface area contributed by atoms with E-state index in [0.29, 0.717) is 18.4 Å². The van der Waals surface area contributed by atoms with Gasteiger partial charge in [0.2, 0.25) is 0 Å². The van der Waals surface area contributed by atoms with Crippen LogP contribution in [0.3, 0.4) is 0 Å². The first-order valence-corrected chi connectivity index (χ1v) is 9.26. The predicted octanol–water partition coefficient (Wildman–Crippen LogP) is 0.0343. The molecule has 21 heavy (non-hydrogen) atoms. The molecule has 0 aromatic carbocycles. The van der Waals surface area contributed by atoms with E-state index in [4.69, 9.17) is 16.6 Å². The lowest BCUT2D eigenvalue weighted by molar-refractivity contribution is -0.138. The van der Waals surface area contributed by atoms with Gasteiger partial charge in [-0.05, 0) is 31.3 Å². The first kappa shape index (κ1) is 18.7. The largest absolute Gasteiger partial charge is 0.616 e. The fraction of sp³-hybridized carbons (Fsp3) is 0.929. The topological polar surface area (TPSA) is 124 Å². The molecule has 2 fully saturated rings. The van der Waals surface area contributed by atoms with E-state index < -0.39 is 23.2 Å². The van der Waals surface area contributed by atoms with Crippen LogP contribution in [-0.4, -0.2) is 52.8 Å². The first-order chi connectivity index (χ1) is 9.95. The number of nitrogens with one attached hydrogen (secondary N) is 1. The standard InChI is InChI=1S/C8H18N2.C6H11NO3S/c9-6-8(7-10)4-2-1-3-5-8;1-11(10)4-2-3-7-5(4)6(8)9/h1-7,9-10H2;4-5,7H,2-3H2,1H3,(H,8,9)/t;4?,5-,11?/m.0/s1. The molecule has 7 heteroatoms. The van der Waals surface area contributed by atoms with Crippen molar-refractivity contribution >= 4 is 17.1 Å². The Hall–Kier alpha value is -0.340. The number of nitrogens with two attached hydrogens (primary N) is 2. The van der Waals surface area contributed by atoms with Gasteiger partial charge in [0.25, 0.3) is 0 Å². The van der Waals surface area contributed by atoms with Crippen molar-refractivity contribution in [2.75, 3.05) is 25.9 Å². The summed E-state index contributed by atoms with van der Waals surface area (Å²) in [6.07, 6.45) is 8.78. The predicted molar refractivity (Wildman–Crippen MR) is 85.5 cm³/mol. The summed E-state index contributed by atoms with van der Waals surface area (Å²) in [5.41, 5.74) is 11.7. The van der Waals surface area contributed by atoms with E-state index >= 15 is 0 Å². The molecule has 1 saturated carbocycles. The summed E-state index contributed by atoms with van der Waals surface area (Å²) in [6.45, 7) is 2.22. The SMILES string of the molecule is C[S+]([O-])C1CCN[C@@H]1C(=O)O.NCC1(CN)CCCCC1. The summed E-state index contributed by atoms with van der Waals surface area (Å²) in [5, 5.41) is 11.2. The first-order valence-electron chi connectivity index (χ1n) is 7.64. The maximum absolute atomic E-state index is 11.0. The Morgan fingerprint density at radius 1 is 1.33 bits per heavy atom. The highest BCUT2D eigenvalue weighted by Crippen LogP contribution is 2.33. The minimum atomic E-state index is -1.03. The quantitative estimate of drug-likeness (QED) is 0.542. The summed E-state index contributed by atoms with van der Waals surface area (Å²) in [7, 11) is 0. The van der Waals surface area contributed by atoms with Crippen molar-refractivity contribution in [2.45, 2.75) is 49.8 Å². The molecule has 1 heterocycles. The Kier molecular flexibility index (Phi) is 7.97. The Labute approximate surface area is 130 Å². The smallest absolute Gasteiger partial charge is 0.325 e. The summed E-state index contributed by atoms with van der Waals surface area (Å²) in [6, 6.07) is -0.610. The molecule has 0 bridgehead atoms. The number of carboxylic acids is 1. The second-order valence-corrected chi connectivity index (χ2v) is 7.67. The average molecular weight is 319 g/mol. The molecule has 124 valence electrons. The van der Waals surface area contributed by atoms with E-state index in [2.05, 4.69) is 5.32 Å². The highest BCUT2D eigenvalue weighted by molar-refractivity contribution is 7.91. The van der Waals surface area contributed by atoms with Gasteiger partial charge >= 0.3 is 5.97 Å². The summed E-state index contributed by atoms with van der Waals surface area (Å²) < 4.78 is 11.0. The molecule has 6 N–H and O–H groups in total. The maximum Gasteiger partial charge on any atom is 0.325 e. The number of aliphatic carboxylic acids is 1. The second kappa shape index (κ2) is 8.95. The maximum atomic E-state index is 11.0. The van der Waals surface area contributed by atoms with Gasteiger partial charge in [0.15, 0.2) is 6.04 Å². The van der Waals surface area contributed by atoms with E-state index in [1.165, 1.54) is 32.1 Å². The molecule has 2 aliphatic rings. The van der Waals surface area contributed by atoms with Crippen LogP contribution in [0, 0.1) is 5.41 Å². The zero-order chi connectivity index (χ0) is 15.9. The Balaban J connectivity index is 0.000000211. The molecule has 0 spiro atoms. The summed E-state index contributed by atoms with van der Waals surface area (Å²) in [5.74, 6) is -0.900. The molecule has 0 radical (unpaired) electrons. The second-order valence-electron chi connectivity index (χ2n) is 6.06. The fourth-order valence-corrected chi connectivity index (χ4v) is 4.12. The zero-order valence-electron chi connectivity index (χ0n) is 12.8. The van der Waals surface area contributed by atoms with E-state index in [1.807, 2.05) is 0 Å². The number of hydrogen-bond donors (Lipinski definition) is 4. The van der Waals surface area contributed by atoms with Gasteiger partial charge in [-0.3, -0.25) is 4.79 Å². The van der Waals surface area contributed by atoms with Gasteiger partial charge in [0, 0.05) is 13.0 Å². The van der Waals surface area contributed by atoms with Gasteiger partial charge in [-0.25, -0.2) is 0 Å². The van der Waals surface area contributed by atoms with Crippen molar-refractivity contribution in [1.82, 2.24) is 5.32 Å². The lowest BCUT2D eigenvalue weighted by atomic mass is 9.74. The third-order valence-electron chi connectivity index (χ3n) is 4.64. The van der Waals surface area contributed by atoms with E-state index in [-0.39, 0.29) is 5.25 Å².